The highest BCUT2D eigenvalue weighted by molar-refractivity contribution is 6.33. The molecule has 1 aromatic heterocycles. The minimum atomic E-state index is -2.71. The van der Waals surface area contributed by atoms with E-state index in [-0.39, 0.29) is 31.1 Å². The van der Waals surface area contributed by atoms with E-state index in [0.29, 0.717) is 31.0 Å². The number of likely N-dealkylation sites (tertiary alicyclic amines) is 1. The van der Waals surface area contributed by atoms with Crippen molar-refractivity contribution < 1.29 is 18.4 Å². The molecule has 1 atom stereocenters. The van der Waals surface area contributed by atoms with Crippen molar-refractivity contribution in [3.8, 4) is 11.3 Å². The number of nitrogens with zero attached hydrogens (tertiary/aromatic N) is 3. The number of benzene rings is 1. The van der Waals surface area contributed by atoms with Gasteiger partial charge >= 0.3 is 0 Å². The molecule has 4 N–H and O–H groups in total. The Morgan fingerprint density at radius 1 is 1.22 bits per heavy atom. The molecule has 1 aliphatic carbocycles. The van der Waals surface area contributed by atoms with Gasteiger partial charge in [-0.15, -0.1) is 0 Å². The summed E-state index contributed by atoms with van der Waals surface area (Å²) in [6, 6.07) is 8.75. The van der Waals surface area contributed by atoms with Crippen molar-refractivity contribution >= 4 is 23.4 Å². The summed E-state index contributed by atoms with van der Waals surface area (Å²) in [6.07, 6.45) is 4.70. The molecule has 2 amide bonds. The number of alkyl halides is 2. The monoisotopic (exact) mass is 522 g/mol. The Morgan fingerprint density at radius 3 is 2.67 bits per heavy atom. The van der Waals surface area contributed by atoms with Crippen LogP contribution in [-0.2, 0) is 4.79 Å². The molecule has 2 aliphatic rings. The summed E-state index contributed by atoms with van der Waals surface area (Å²) in [5.74, 6) is 1.67. The molecule has 1 aromatic carbocycles. The van der Waals surface area contributed by atoms with Crippen molar-refractivity contribution in [1.82, 2.24) is 25.4 Å². The van der Waals surface area contributed by atoms with Crippen molar-refractivity contribution in [2.24, 2.45) is 5.84 Å². The number of halogens is 3. The van der Waals surface area contributed by atoms with Gasteiger partial charge < -0.3 is 5.32 Å². The first-order valence-electron chi connectivity index (χ1n) is 12.5. The summed E-state index contributed by atoms with van der Waals surface area (Å²) in [5, 5.41) is 8.09. The van der Waals surface area contributed by atoms with Crippen LogP contribution in [0.15, 0.2) is 30.3 Å². The second-order valence-corrected chi connectivity index (χ2v) is 10.2. The molecule has 2 fully saturated rings. The molecule has 4 rings (SSSR count). The number of carbonyl (C=O) groups excluding carboxylic acids is 2. The van der Waals surface area contributed by atoms with Crippen LogP contribution in [0.1, 0.15) is 67.9 Å². The Balaban J connectivity index is 1.51. The predicted octanol–water partition coefficient (Wildman–Crippen LogP) is 3.92. The number of nitrogens with two attached hydrogens (primary N) is 1. The largest absolute Gasteiger partial charge is 0.347 e. The Morgan fingerprint density at radius 2 is 1.97 bits per heavy atom. The van der Waals surface area contributed by atoms with Crippen LogP contribution in [0.3, 0.4) is 0 Å². The fraction of sp³-hybridized carbons (Fsp3) is 0.560. The quantitative estimate of drug-likeness (QED) is 0.263. The van der Waals surface area contributed by atoms with E-state index in [4.69, 9.17) is 17.4 Å². The van der Waals surface area contributed by atoms with E-state index in [1.165, 1.54) is 0 Å². The number of hydrogen-bond donors (Lipinski definition) is 3. The average Bonchev–Trinajstić information content (AvgIpc) is 3.52. The molecule has 1 saturated heterocycles. The molecule has 36 heavy (non-hydrogen) atoms. The smallest absolute Gasteiger partial charge is 0.272 e. The second kappa shape index (κ2) is 11.7. The van der Waals surface area contributed by atoms with Crippen molar-refractivity contribution in [2.45, 2.75) is 69.4 Å². The zero-order valence-electron chi connectivity index (χ0n) is 20.2. The molecule has 1 aliphatic heterocycles. The lowest BCUT2D eigenvalue weighted by Gasteiger charge is -2.33. The van der Waals surface area contributed by atoms with Crippen molar-refractivity contribution in [1.29, 1.82) is 0 Å². The number of nitrogens with one attached hydrogen (secondary N) is 2. The number of hydrazine groups is 1. The first kappa shape index (κ1) is 26.5. The summed E-state index contributed by atoms with van der Waals surface area (Å²) in [4.78, 5) is 26.9. The van der Waals surface area contributed by atoms with Gasteiger partial charge in [0.1, 0.15) is 0 Å². The molecule has 2 heterocycles. The van der Waals surface area contributed by atoms with Gasteiger partial charge in [0.05, 0.1) is 18.3 Å². The van der Waals surface area contributed by atoms with E-state index in [0.717, 1.165) is 36.9 Å². The Kier molecular flexibility index (Phi) is 8.58. The summed E-state index contributed by atoms with van der Waals surface area (Å²) in [6.45, 7) is 0.579. The summed E-state index contributed by atoms with van der Waals surface area (Å²) in [5.41, 5.74) is 3.86. The lowest BCUT2D eigenvalue weighted by molar-refractivity contribution is -0.121. The predicted molar refractivity (Wildman–Crippen MR) is 134 cm³/mol. The fourth-order valence-corrected chi connectivity index (χ4v) is 5.38. The minimum Gasteiger partial charge on any atom is -0.347 e. The average molecular weight is 523 g/mol. The highest BCUT2D eigenvalue weighted by Crippen LogP contribution is 2.36. The zero-order valence-corrected chi connectivity index (χ0v) is 20.9. The highest BCUT2D eigenvalue weighted by Gasteiger charge is 2.35. The van der Waals surface area contributed by atoms with Crippen LogP contribution in [0.2, 0.25) is 5.02 Å². The third kappa shape index (κ3) is 6.60. The number of hydrogen-bond acceptors (Lipinski definition) is 5. The van der Waals surface area contributed by atoms with Crippen molar-refractivity contribution in [2.75, 3.05) is 19.6 Å². The lowest BCUT2D eigenvalue weighted by atomic mass is 10.0. The van der Waals surface area contributed by atoms with Crippen LogP contribution >= 0.6 is 11.6 Å². The molecule has 11 heteroatoms. The van der Waals surface area contributed by atoms with Crippen LogP contribution < -0.4 is 16.6 Å². The number of carbonyl (C=O) groups is 2. The standard InChI is InChI=1S/C25H33ClF2N6O2/c26-20-9-4-3-8-19(20)22-15-21(32-34(22)18-6-1-2-7-18)24(36)30-17(14-23(35)31-29)10-13-33-12-5-11-25(27,28)16-33/h3-4,8-9,15,17-18H,1-2,5-7,10-14,16,29H2,(H,30,36)(H,31,35). The minimum absolute atomic E-state index is 0.0623. The van der Waals surface area contributed by atoms with Gasteiger partial charge in [0.15, 0.2) is 5.69 Å². The van der Waals surface area contributed by atoms with Crippen LogP contribution in [-0.4, -0.2) is 58.1 Å². The van der Waals surface area contributed by atoms with Crippen molar-refractivity contribution in [3.05, 3.63) is 41.0 Å². The SMILES string of the molecule is NNC(=O)CC(CCN1CCCC(F)(F)C1)NC(=O)c1cc(-c2ccccc2Cl)n(C2CCCC2)n1. The Labute approximate surface area is 214 Å². The number of piperidine rings is 1. The lowest BCUT2D eigenvalue weighted by Crippen LogP contribution is -2.46. The molecule has 1 unspecified atom stereocenters. The second-order valence-electron chi connectivity index (χ2n) is 9.74. The van der Waals surface area contributed by atoms with E-state index in [9.17, 15) is 18.4 Å². The van der Waals surface area contributed by atoms with Gasteiger partial charge in [0.25, 0.3) is 11.8 Å². The van der Waals surface area contributed by atoms with Crippen LogP contribution in [0.5, 0.6) is 0 Å². The molecular weight excluding hydrogens is 490 g/mol. The fourth-order valence-electron chi connectivity index (χ4n) is 5.15. The summed E-state index contributed by atoms with van der Waals surface area (Å²) >= 11 is 6.46. The van der Waals surface area contributed by atoms with Crippen LogP contribution in [0, 0.1) is 0 Å². The third-order valence-corrected chi connectivity index (χ3v) is 7.31. The van der Waals surface area contributed by atoms with Gasteiger partial charge in [-0.1, -0.05) is 42.6 Å². The highest BCUT2D eigenvalue weighted by atomic mass is 35.5. The van der Waals surface area contributed by atoms with E-state index in [1.54, 1.807) is 17.0 Å². The van der Waals surface area contributed by atoms with Crippen molar-refractivity contribution in [3.63, 3.8) is 0 Å². The molecule has 196 valence electrons. The van der Waals surface area contributed by atoms with Gasteiger partial charge in [-0.3, -0.25) is 24.6 Å². The summed E-state index contributed by atoms with van der Waals surface area (Å²) < 4.78 is 29.5. The normalized spacial score (nSPS) is 19.2. The maximum absolute atomic E-state index is 13.8. The Bertz CT molecular complexity index is 1070. The first-order valence-corrected chi connectivity index (χ1v) is 12.9. The third-order valence-electron chi connectivity index (χ3n) is 6.98. The first-order chi connectivity index (χ1) is 17.3. The molecule has 8 nitrogen and oxygen atoms in total. The van der Waals surface area contributed by atoms with E-state index in [1.807, 2.05) is 22.9 Å². The molecule has 0 spiro atoms. The van der Waals surface area contributed by atoms with Gasteiger partial charge in [-0.05, 0) is 44.4 Å². The zero-order chi connectivity index (χ0) is 25.7. The number of amides is 2. The van der Waals surface area contributed by atoms with Gasteiger partial charge in [0, 0.05) is 36.0 Å². The van der Waals surface area contributed by atoms with Crippen LogP contribution in [0.4, 0.5) is 8.78 Å². The molecule has 2 aromatic rings. The van der Waals surface area contributed by atoms with E-state index < -0.39 is 23.8 Å². The number of rotatable bonds is 9. The summed E-state index contributed by atoms with van der Waals surface area (Å²) in [7, 11) is 0. The van der Waals surface area contributed by atoms with E-state index >= 15 is 0 Å². The maximum Gasteiger partial charge on any atom is 0.272 e. The maximum atomic E-state index is 13.8. The topological polar surface area (TPSA) is 105 Å². The number of aromatic nitrogens is 2. The molecule has 0 bridgehead atoms. The van der Waals surface area contributed by atoms with Gasteiger partial charge in [-0.2, -0.15) is 5.10 Å². The van der Waals surface area contributed by atoms with E-state index in [2.05, 4.69) is 15.8 Å². The molecular formula is C25H33ClF2N6O2. The van der Waals surface area contributed by atoms with Gasteiger partial charge in [0.2, 0.25) is 5.91 Å². The van der Waals surface area contributed by atoms with Gasteiger partial charge in [-0.25, -0.2) is 14.6 Å². The Hall–Kier alpha value is -2.56. The molecule has 0 radical (unpaired) electrons. The van der Waals surface area contributed by atoms with Crippen LogP contribution in [0.25, 0.3) is 11.3 Å². The molecule has 1 saturated carbocycles.